The Hall–Kier alpha value is -1.38. The maximum atomic E-state index is 12.1. The molecule has 0 saturated heterocycles. The molecule has 0 amide bonds. The van der Waals surface area contributed by atoms with E-state index in [9.17, 15) is 8.42 Å². The topological polar surface area (TPSA) is 70.0 Å². The van der Waals surface area contributed by atoms with Crippen LogP contribution in [0.5, 0.6) is 0 Å². The Morgan fingerprint density at radius 2 is 2.00 bits per heavy atom. The predicted molar refractivity (Wildman–Crippen MR) is 75.6 cm³/mol. The number of benzene rings is 1. The number of nitrogens with zero attached hydrogens (tertiary/aromatic N) is 1. The van der Waals surface area contributed by atoms with E-state index in [1.54, 1.807) is 12.1 Å². The molecule has 0 atom stereocenters. The molecule has 0 heterocycles. The van der Waals surface area contributed by atoms with Crippen LogP contribution in [0.15, 0.2) is 29.2 Å². The van der Waals surface area contributed by atoms with Crippen molar-refractivity contribution in [2.24, 2.45) is 0 Å². The van der Waals surface area contributed by atoms with Crippen LogP contribution in [0.3, 0.4) is 0 Å². The van der Waals surface area contributed by atoms with Crippen molar-refractivity contribution in [2.75, 3.05) is 12.3 Å². The number of hydrogen-bond acceptors (Lipinski definition) is 4. The maximum absolute atomic E-state index is 12.1. The van der Waals surface area contributed by atoms with Gasteiger partial charge in [0.05, 0.1) is 22.3 Å². The molecule has 1 N–H and O–H groups in total. The molecule has 1 aromatic carbocycles. The van der Waals surface area contributed by atoms with E-state index in [4.69, 9.17) is 5.26 Å². The van der Waals surface area contributed by atoms with Gasteiger partial charge in [0.25, 0.3) is 0 Å². The highest BCUT2D eigenvalue weighted by molar-refractivity contribution is 7.91. The lowest BCUT2D eigenvalue weighted by molar-refractivity contribution is 0.497. The zero-order valence-corrected chi connectivity index (χ0v) is 12.2. The average molecular weight is 280 g/mol. The molecule has 1 rings (SSSR count). The molecule has 0 fully saturated rings. The van der Waals surface area contributed by atoms with E-state index < -0.39 is 9.84 Å². The molecular formula is C14H20N2O2S. The van der Waals surface area contributed by atoms with E-state index >= 15 is 0 Å². The highest BCUT2D eigenvalue weighted by Gasteiger charge is 2.15. The van der Waals surface area contributed by atoms with Crippen molar-refractivity contribution in [3.63, 3.8) is 0 Å². The van der Waals surface area contributed by atoms with Crippen LogP contribution in [0.4, 0.5) is 0 Å². The Bertz CT molecular complexity index is 543. The van der Waals surface area contributed by atoms with Crippen LogP contribution in [0, 0.1) is 11.3 Å². The lowest BCUT2D eigenvalue weighted by Crippen LogP contribution is -2.32. The molecule has 0 aliphatic rings. The number of rotatable bonds is 7. The molecule has 0 spiro atoms. The largest absolute Gasteiger partial charge is 0.313 e. The molecule has 0 bridgehead atoms. The first-order chi connectivity index (χ1) is 9.03. The van der Waals surface area contributed by atoms with Crippen molar-refractivity contribution >= 4 is 9.84 Å². The SMILES string of the molecule is CCC(CC)NCCS(=O)(=O)c1cccc(C#N)c1. The molecule has 5 heteroatoms. The molecule has 104 valence electrons. The first-order valence-corrected chi connectivity index (χ1v) is 8.15. The molecule has 1 aromatic rings. The minimum atomic E-state index is -3.32. The van der Waals surface area contributed by atoms with Crippen molar-refractivity contribution in [2.45, 2.75) is 37.6 Å². The second-order valence-electron chi connectivity index (χ2n) is 4.43. The van der Waals surface area contributed by atoms with Gasteiger partial charge in [0, 0.05) is 12.6 Å². The lowest BCUT2D eigenvalue weighted by Gasteiger charge is -2.14. The van der Waals surface area contributed by atoms with Gasteiger partial charge in [-0.1, -0.05) is 19.9 Å². The van der Waals surface area contributed by atoms with E-state index in [-0.39, 0.29) is 10.6 Å². The predicted octanol–water partition coefficient (Wildman–Crippen LogP) is 2.11. The highest BCUT2D eigenvalue weighted by Crippen LogP contribution is 2.12. The summed E-state index contributed by atoms with van der Waals surface area (Å²) in [4.78, 5) is 0.220. The summed E-state index contributed by atoms with van der Waals surface area (Å²) in [6, 6.07) is 8.47. The standard InChI is InChI=1S/C14H20N2O2S/c1-3-13(4-2)16-8-9-19(17,18)14-7-5-6-12(10-14)11-15/h5-7,10,13,16H,3-4,8-9H2,1-2H3. The fourth-order valence-electron chi connectivity index (χ4n) is 1.85. The second kappa shape index (κ2) is 7.27. The third kappa shape index (κ3) is 4.66. The van der Waals surface area contributed by atoms with E-state index in [0.29, 0.717) is 18.2 Å². The van der Waals surface area contributed by atoms with E-state index in [1.807, 2.05) is 6.07 Å². The normalized spacial score (nSPS) is 11.5. The van der Waals surface area contributed by atoms with Crippen molar-refractivity contribution < 1.29 is 8.42 Å². The van der Waals surface area contributed by atoms with Crippen LogP contribution in [-0.2, 0) is 9.84 Å². The van der Waals surface area contributed by atoms with E-state index in [1.165, 1.54) is 12.1 Å². The van der Waals surface area contributed by atoms with Gasteiger partial charge in [-0.25, -0.2) is 8.42 Å². The van der Waals surface area contributed by atoms with Gasteiger partial charge < -0.3 is 5.32 Å². The maximum Gasteiger partial charge on any atom is 0.179 e. The molecule has 0 radical (unpaired) electrons. The molecule has 0 aliphatic carbocycles. The van der Waals surface area contributed by atoms with Crippen LogP contribution in [0.25, 0.3) is 0 Å². The number of hydrogen-bond donors (Lipinski definition) is 1. The Morgan fingerprint density at radius 3 is 2.58 bits per heavy atom. The summed E-state index contributed by atoms with van der Waals surface area (Å²) in [6.07, 6.45) is 1.97. The molecular weight excluding hydrogens is 260 g/mol. The first-order valence-electron chi connectivity index (χ1n) is 6.49. The smallest absolute Gasteiger partial charge is 0.179 e. The highest BCUT2D eigenvalue weighted by atomic mass is 32.2. The Morgan fingerprint density at radius 1 is 1.32 bits per heavy atom. The third-order valence-corrected chi connectivity index (χ3v) is 4.83. The molecule has 0 unspecified atom stereocenters. The monoisotopic (exact) mass is 280 g/mol. The summed E-state index contributed by atoms with van der Waals surface area (Å²) in [5, 5.41) is 12.0. The summed E-state index contributed by atoms with van der Waals surface area (Å²) < 4.78 is 24.2. The fraction of sp³-hybridized carbons (Fsp3) is 0.500. The van der Waals surface area contributed by atoms with Crippen molar-refractivity contribution in [3.8, 4) is 6.07 Å². The zero-order valence-electron chi connectivity index (χ0n) is 11.4. The van der Waals surface area contributed by atoms with Crippen LogP contribution < -0.4 is 5.32 Å². The average Bonchev–Trinajstić information content (AvgIpc) is 2.43. The van der Waals surface area contributed by atoms with Gasteiger partial charge in [0.15, 0.2) is 9.84 Å². The van der Waals surface area contributed by atoms with E-state index in [0.717, 1.165) is 12.8 Å². The zero-order chi connectivity index (χ0) is 14.3. The van der Waals surface area contributed by atoms with Gasteiger partial charge in [0.2, 0.25) is 0 Å². The molecule has 0 aromatic heterocycles. The van der Waals surface area contributed by atoms with Crippen molar-refractivity contribution in [1.82, 2.24) is 5.32 Å². The van der Waals surface area contributed by atoms with Gasteiger partial charge in [-0.05, 0) is 31.0 Å². The number of sulfone groups is 1. The third-order valence-electron chi connectivity index (χ3n) is 3.11. The molecule has 0 aliphatic heterocycles. The minimum absolute atomic E-state index is 0.0540. The molecule has 4 nitrogen and oxygen atoms in total. The summed E-state index contributed by atoms with van der Waals surface area (Å²) in [6.45, 7) is 4.59. The van der Waals surface area contributed by atoms with Gasteiger partial charge in [-0.2, -0.15) is 5.26 Å². The van der Waals surface area contributed by atoms with Gasteiger partial charge in [-0.15, -0.1) is 0 Å². The lowest BCUT2D eigenvalue weighted by atomic mass is 10.2. The Kier molecular flexibility index (Phi) is 6.00. The van der Waals surface area contributed by atoms with Gasteiger partial charge in [-0.3, -0.25) is 0 Å². The van der Waals surface area contributed by atoms with Crippen molar-refractivity contribution in [1.29, 1.82) is 5.26 Å². The quantitative estimate of drug-likeness (QED) is 0.830. The summed E-state index contributed by atoms with van der Waals surface area (Å²) >= 11 is 0. The fourth-order valence-corrected chi connectivity index (χ4v) is 3.07. The molecule has 0 saturated carbocycles. The van der Waals surface area contributed by atoms with Crippen LogP contribution in [0.1, 0.15) is 32.3 Å². The summed E-state index contributed by atoms with van der Waals surface area (Å²) in [5.74, 6) is 0.0540. The Labute approximate surface area is 115 Å². The number of nitriles is 1. The summed E-state index contributed by atoms with van der Waals surface area (Å²) in [5.41, 5.74) is 0.369. The number of nitrogens with one attached hydrogen (secondary N) is 1. The van der Waals surface area contributed by atoms with Crippen LogP contribution >= 0.6 is 0 Å². The molecule has 19 heavy (non-hydrogen) atoms. The Balaban J connectivity index is 2.68. The summed E-state index contributed by atoms with van der Waals surface area (Å²) in [7, 11) is -3.32. The van der Waals surface area contributed by atoms with E-state index in [2.05, 4.69) is 19.2 Å². The first kappa shape index (κ1) is 15.7. The van der Waals surface area contributed by atoms with Crippen molar-refractivity contribution in [3.05, 3.63) is 29.8 Å². The minimum Gasteiger partial charge on any atom is -0.313 e. The van der Waals surface area contributed by atoms with Gasteiger partial charge >= 0.3 is 0 Å². The van der Waals surface area contributed by atoms with Gasteiger partial charge in [0.1, 0.15) is 0 Å². The van der Waals surface area contributed by atoms with Crippen LogP contribution in [-0.4, -0.2) is 26.8 Å². The second-order valence-corrected chi connectivity index (χ2v) is 6.54. The van der Waals surface area contributed by atoms with Crippen LogP contribution in [0.2, 0.25) is 0 Å².